The van der Waals surface area contributed by atoms with Gasteiger partial charge in [-0.05, 0) is 38.8 Å². The minimum Gasteiger partial charge on any atom is -0.475 e. The van der Waals surface area contributed by atoms with Crippen molar-refractivity contribution in [1.82, 2.24) is 30.2 Å². The number of carboxylic acid groups (broad SMARTS) is 1. The lowest BCUT2D eigenvalue weighted by Crippen LogP contribution is -2.66. The van der Waals surface area contributed by atoms with Crippen LogP contribution in [0.2, 0.25) is 5.02 Å². The summed E-state index contributed by atoms with van der Waals surface area (Å²) in [4.78, 5) is 25.0. The second-order valence-electron chi connectivity index (χ2n) is 10.8. The number of rotatable bonds is 3. The highest BCUT2D eigenvalue weighted by atomic mass is 35.5. The van der Waals surface area contributed by atoms with Crippen LogP contribution in [-0.2, 0) is 9.59 Å². The van der Waals surface area contributed by atoms with Gasteiger partial charge in [-0.25, -0.2) is 4.79 Å². The van der Waals surface area contributed by atoms with Crippen LogP contribution in [0, 0.1) is 12.3 Å². The highest BCUT2D eigenvalue weighted by Crippen LogP contribution is 2.55. The number of H-pyrrole nitrogens is 1. The largest absolute Gasteiger partial charge is 0.490 e. The topological polar surface area (TPSA) is 119 Å². The average molecular weight is 582 g/mol. The third-order valence-corrected chi connectivity index (χ3v) is 8.85. The van der Waals surface area contributed by atoms with Crippen LogP contribution in [-0.4, -0.2) is 86.8 Å². The summed E-state index contributed by atoms with van der Waals surface area (Å²) in [5.74, 6) is -1.66. The number of anilines is 1. The molecule has 3 aliphatic rings. The van der Waals surface area contributed by atoms with Gasteiger partial charge in [-0.1, -0.05) is 11.6 Å². The zero-order valence-corrected chi connectivity index (χ0v) is 23.1. The number of hydrogen-bond acceptors (Lipinski definition) is 6. The lowest BCUT2D eigenvalue weighted by molar-refractivity contribution is -0.192. The Balaban J connectivity index is 0.000000411. The van der Waals surface area contributed by atoms with Gasteiger partial charge in [-0.3, -0.25) is 14.6 Å². The maximum atomic E-state index is 11.9. The van der Waals surface area contributed by atoms with Crippen LogP contribution < -0.4 is 10.2 Å². The lowest BCUT2D eigenvalue weighted by Gasteiger charge is -2.59. The first-order valence-electron chi connectivity index (χ1n) is 13.1. The zero-order chi connectivity index (χ0) is 29.0. The zero-order valence-electron chi connectivity index (χ0n) is 22.3. The van der Waals surface area contributed by atoms with E-state index < -0.39 is 12.1 Å². The summed E-state index contributed by atoms with van der Waals surface area (Å²) in [6, 6.07) is 4.89. The standard InChI is InChI=1S/C24H30ClN7O.C2HF3O2/c1-14-21(22-18-12-27-28-20(18)5-4-19(22)25)23(31-8-6-30(7-9-31)16(3)33)29-32(14)17-10-24(11-17)13-26-15(24)2;3-2(4,5)1(6)7/h4-5,12,15,17,26H,6-11,13H2,1-3H3,(H,27,28);(H,6,7). The number of benzene rings is 1. The molecule has 14 heteroatoms. The number of nitrogens with zero attached hydrogens (tertiary/aromatic N) is 5. The molecule has 3 N–H and O–H groups in total. The quantitative estimate of drug-likeness (QED) is 0.428. The van der Waals surface area contributed by atoms with E-state index in [1.165, 1.54) is 0 Å². The minimum atomic E-state index is -5.08. The summed E-state index contributed by atoms with van der Waals surface area (Å²) < 4.78 is 34.0. The molecule has 4 heterocycles. The molecule has 0 bridgehead atoms. The first-order chi connectivity index (χ1) is 18.8. The molecule has 3 aromatic rings. The fraction of sp³-hybridized carbons (Fsp3) is 0.538. The molecule has 2 aromatic heterocycles. The van der Waals surface area contributed by atoms with Gasteiger partial charge in [0.05, 0.1) is 17.8 Å². The van der Waals surface area contributed by atoms with Crippen molar-refractivity contribution in [2.24, 2.45) is 5.41 Å². The van der Waals surface area contributed by atoms with E-state index in [9.17, 15) is 18.0 Å². The van der Waals surface area contributed by atoms with E-state index in [0.29, 0.717) is 35.6 Å². The molecule has 1 saturated carbocycles. The van der Waals surface area contributed by atoms with Gasteiger partial charge in [0.15, 0.2) is 5.82 Å². The molecule has 10 nitrogen and oxygen atoms in total. The van der Waals surface area contributed by atoms with Gasteiger partial charge in [-0.15, -0.1) is 0 Å². The number of carboxylic acids is 1. The number of aliphatic carboxylic acids is 1. The van der Waals surface area contributed by atoms with Crippen molar-refractivity contribution in [3.63, 3.8) is 0 Å². The molecule has 3 fully saturated rings. The van der Waals surface area contributed by atoms with Crippen LogP contribution in [0.5, 0.6) is 0 Å². The summed E-state index contributed by atoms with van der Waals surface area (Å²) in [6.07, 6.45) is -0.917. The van der Waals surface area contributed by atoms with Crippen LogP contribution in [0.4, 0.5) is 19.0 Å². The maximum absolute atomic E-state index is 11.9. The highest BCUT2D eigenvalue weighted by molar-refractivity contribution is 6.35. The fourth-order valence-corrected chi connectivity index (χ4v) is 6.25. The predicted octanol–water partition coefficient (Wildman–Crippen LogP) is 4.00. The first-order valence-corrected chi connectivity index (χ1v) is 13.4. The van der Waals surface area contributed by atoms with Crippen molar-refractivity contribution in [3.05, 3.63) is 29.0 Å². The van der Waals surface area contributed by atoms with E-state index in [1.54, 1.807) is 6.92 Å². The van der Waals surface area contributed by atoms with Crippen molar-refractivity contribution >= 4 is 40.2 Å². The van der Waals surface area contributed by atoms with E-state index in [0.717, 1.165) is 66.0 Å². The van der Waals surface area contributed by atoms with Gasteiger partial charge in [0.25, 0.3) is 0 Å². The molecule has 1 aliphatic carbocycles. The number of nitrogens with one attached hydrogen (secondary N) is 2. The fourth-order valence-electron chi connectivity index (χ4n) is 6.00. The van der Waals surface area contributed by atoms with Gasteiger partial charge < -0.3 is 20.2 Å². The highest BCUT2D eigenvalue weighted by Gasteiger charge is 2.54. The lowest BCUT2D eigenvalue weighted by atomic mass is 9.57. The third kappa shape index (κ3) is 4.89. The number of hydrogen-bond donors (Lipinski definition) is 3. The molecule has 40 heavy (non-hydrogen) atoms. The van der Waals surface area contributed by atoms with Crippen LogP contribution in [0.25, 0.3) is 22.0 Å². The smallest absolute Gasteiger partial charge is 0.475 e. The second-order valence-corrected chi connectivity index (χ2v) is 11.2. The molecule has 0 radical (unpaired) electrons. The summed E-state index contributed by atoms with van der Waals surface area (Å²) >= 11 is 6.82. The van der Waals surface area contributed by atoms with E-state index in [2.05, 4.69) is 38.9 Å². The van der Waals surface area contributed by atoms with E-state index >= 15 is 0 Å². The summed E-state index contributed by atoms with van der Waals surface area (Å²) in [5.41, 5.74) is 4.62. The second kappa shape index (κ2) is 10.3. The Hall–Kier alpha value is -3.32. The summed E-state index contributed by atoms with van der Waals surface area (Å²) in [6.45, 7) is 10.1. The Morgan fingerprint density at radius 3 is 2.33 bits per heavy atom. The number of carbonyl (C=O) groups is 2. The van der Waals surface area contributed by atoms with Gasteiger partial charge in [0, 0.05) is 78.3 Å². The predicted molar refractivity (Wildman–Crippen MR) is 143 cm³/mol. The van der Waals surface area contributed by atoms with Crippen molar-refractivity contribution < 1.29 is 27.9 Å². The third-order valence-electron chi connectivity index (χ3n) is 8.53. The Labute approximate surface area is 233 Å². The summed E-state index contributed by atoms with van der Waals surface area (Å²) in [5, 5.41) is 24.9. The molecule has 1 unspecified atom stereocenters. The van der Waals surface area contributed by atoms with Crippen molar-refractivity contribution in [2.45, 2.75) is 51.9 Å². The summed E-state index contributed by atoms with van der Waals surface area (Å²) in [7, 11) is 0. The molecule has 1 amide bonds. The number of aromatic amines is 1. The maximum Gasteiger partial charge on any atom is 0.490 e. The molecule has 2 aliphatic heterocycles. The molecule has 216 valence electrons. The van der Waals surface area contributed by atoms with E-state index in [4.69, 9.17) is 26.6 Å². The Morgan fingerprint density at radius 1 is 1.15 bits per heavy atom. The Bertz CT molecular complexity index is 1440. The molecular weight excluding hydrogens is 551 g/mol. The molecular formula is C26H31ClF3N7O3. The Morgan fingerprint density at radius 2 is 1.80 bits per heavy atom. The molecule has 6 rings (SSSR count). The first kappa shape index (κ1) is 28.2. The van der Waals surface area contributed by atoms with Crippen molar-refractivity contribution in [2.75, 3.05) is 37.6 Å². The monoisotopic (exact) mass is 581 g/mol. The van der Waals surface area contributed by atoms with Crippen LogP contribution >= 0.6 is 11.6 Å². The molecule has 1 atom stereocenters. The van der Waals surface area contributed by atoms with Crippen molar-refractivity contribution in [1.29, 1.82) is 0 Å². The minimum absolute atomic E-state index is 0.130. The average Bonchev–Trinajstić information content (AvgIpc) is 3.47. The molecule has 2 saturated heterocycles. The van der Waals surface area contributed by atoms with Crippen molar-refractivity contribution in [3.8, 4) is 11.1 Å². The number of piperazine rings is 1. The van der Waals surface area contributed by atoms with E-state index in [-0.39, 0.29) is 5.91 Å². The number of aromatic nitrogens is 4. The van der Waals surface area contributed by atoms with E-state index in [1.807, 2.05) is 23.2 Å². The van der Waals surface area contributed by atoms with Crippen LogP contribution in [0.15, 0.2) is 18.3 Å². The van der Waals surface area contributed by atoms with Gasteiger partial charge in [0.2, 0.25) is 5.91 Å². The number of alkyl halides is 3. The van der Waals surface area contributed by atoms with Gasteiger partial charge >= 0.3 is 12.1 Å². The number of carbonyl (C=O) groups excluding carboxylic acids is 1. The number of amides is 1. The van der Waals surface area contributed by atoms with Crippen LogP contribution in [0.3, 0.4) is 0 Å². The molecule has 1 spiro atoms. The normalized spacial score (nSPS) is 24.4. The number of fused-ring (bicyclic) bond motifs is 1. The van der Waals surface area contributed by atoms with Gasteiger partial charge in [0.1, 0.15) is 0 Å². The van der Waals surface area contributed by atoms with Crippen LogP contribution in [0.1, 0.15) is 38.4 Å². The molecule has 1 aromatic carbocycles. The number of halogens is 4. The van der Waals surface area contributed by atoms with Gasteiger partial charge in [-0.2, -0.15) is 23.4 Å². The Kier molecular flexibility index (Phi) is 7.24. The SMILES string of the molecule is CC(=O)N1CCN(c2nn(C3CC4(CNC4C)C3)c(C)c2-c2c(Cl)ccc3[nH]ncc23)CC1.O=C(O)C(F)(F)F.